The van der Waals surface area contributed by atoms with Crippen LogP contribution in [0.25, 0.3) is 0 Å². The smallest absolute Gasteiger partial charge is 0.308 e. The fourth-order valence-electron chi connectivity index (χ4n) is 1.81. The number of esters is 1. The van der Waals surface area contributed by atoms with E-state index in [2.05, 4.69) is 0 Å². The molecule has 0 bridgehead atoms. The Balaban J connectivity index is 2.32. The first kappa shape index (κ1) is 9.21. The third kappa shape index (κ3) is 1.51. The molecule has 1 aromatic rings. The zero-order chi connectivity index (χ0) is 10.1. The lowest BCUT2D eigenvalue weighted by Crippen LogP contribution is -2.13. The molecule has 0 spiro atoms. The molecule has 0 aliphatic carbocycles. The average Bonchev–Trinajstić information content (AvgIpc) is 2.46. The molecule has 0 radical (unpaired) electrons. The standard InChI is InChI=1S/C11H12O3/c1-7-4-2-3-5-8(7)9-6-10(12)14-11(9)13/h2-5,9,11,13H,6H2,1H3. The Morgan fingerprint density at radius 1 is 1.43 bits per heavy atom. The maximum atomic E-state index is 11.0. The second kappa shape index (κ2) is 3.42. The van der Waals surface area contributed by atoms with Crippen molar-refractivity contribution in [2.45, 2.75) is 25.6 Å². The molecular weight excluding hydrogens is 180 g/mol. The third-order valence-electron chi connectivity index (χ3n) is 2.57. The number of aryl methyl sites for hydroxylation is 1. The van der Waals surface area contributed by atoms with Crippen LogP contribution < -0.4 is 0 Å². The number of benzene rings is 1. The topological polar surface area (TPSA) is 46.5 Å². The molecule has 1 saturated heterocycles. The summed E-state index contributed by atoms with van der Waals surface area (Å²) < 4.78 is 4.70. The van der Waals surface area contributed by atoms with Crippen LogP contribution in [0, 0.1) is 6.92 Å². The van der Waals surface area contributed by atoms with E-state index in [0.29, 0.717) is 0 Å². The van der Waals surface area contributed by atoms with E-state index in [9.17, 15) is 9.90 Å². The number of aliphatic hydroxyl groups is 1. The highest BCUT2D eigenvalue weighted by molar-refractivity contribution is 5.73. The van der Waals surface area contributed by atoms with Gasteiger partial charge >= 0.3 is 5.97 Å². The maximum absolute atomic E-state index is 11.0. The quantitative estimate of drug-likeness (QED) is 0.683. The van der Waals surface area contributed by atoms with Crippen LogP contribution in [0.15, 0.2) is 24.3 Å². The van der Waals surface area contributed by atoms with E-state index in [4.69, 9.17) is 4.74 Å². The van der Waals surface area contributed by atoms with Crippen molar-refractivity contribution in [3.05, 3.63) is 35.4 Å². The Kier molecular flexibility index (Phi) is 2.25. The minimum absolute atomic E-state index is 0.205. The van der Waals surface area contributed by atoms with E-state index >= 15 is 0 Å². The van der Waals surface area contributed by atoms with E-state index in [1.807, 2.05) is 31.2 Å². The van der Waals surface area contributed by atoms with Crippen LogP contribution in [-0.4, -0.2) is 17.4 Å². The van der Waals surface area contributed by atoms with E-state index in [1.165, 1.54) is 0 Å². The Labute approximate surface area is 82.3 Å². The molecule has 3 heteroatoms. The highest BCUT2D eigenvalue weighted by Gasteiger charge is 2.34. The van der Waals surface area contributed by atoms with Crippen molar-refractivity contribution in [2.75, 3.05) is 0 Å². The molecule has 14 heavy (non-hydrogen) atoms. The van der Waals surface area contributed by atoms with Gasteiger partial charge in [0.25, 0.3) is 0 Å². The van der Waals surface area contributed by atoms with E-state index in [0.717, 1.165) is 11.1 Å². The summed E-state index contributed by atoms with van der Waals surface area (Å²) in [6.07, 6.45) is -0.713. The lowest BCUT2D eigenvalue weighted by atomic mass is 9.93. The Morgan fingerprint density at radius 3 is 2.71 bits per heavy atom. The summed E-state index contributed by atoms with van der Waals surface area (Å²) in [5, 5.41) is 9.49. The zero-order valence-corrected chi connectivity index (χ0v) is 7.93. The Morgan fingerprint density at radius 2 is 2.14 bits per heavy atom. The normalized spacial score (nSPS) is 26.3. The second-order valence-corrected chi connectivity index (χ2v) is 3.55. The number of carbonyl (C=O) groups is 1. The fraction of sp³-hybridized carbons (Fsp3) is 0.364. The number of hydrogen-bond acceptors (Lipinski definition) is 3. The number of carbonyl (C=O) groups excluding carboxylic acids is 1. The molecule has 1 fully saturated rings. The molecule has 0 amide bonds. The molecule has 1 aliphatic heterocycles. The van der Waals surface area contributed by atoms with Crippen LogP contribution in [0.4, 0.5) is 0 Å². The van der Waals surface area contributed by atoms with Crippen LogP contribution in [0.3, 0.4) is 0 Å². The van der Waals surface area contributed by atoms with Gasteiger partial charge in [0.1, 0.15) is 0 Å². The first-order valence-electron chi connectivity index (χ1n) is 4.61. The fourth-order valence-corrected chi connectivity index (χ4v) is 1.81. The van der Waals surface area contributed by atoms with Gasteiger partial charge in [0.15, 0.2) is 0 Å². The second-order valence-electron chi connectivity index (χ2n) is 3.55. The summed E-state index contributed by atoms with van der Waals surface area (Å²) in [5.41, 5.74) is 2.07. The summed E-state index contributed by atoms with van der Waals surface area (Å²) in [6.45, 7) is 1.96. The number of rotatable bonds is 1. The Bertz CT molecular complexity index is 359. The van der Waals surface area contributed by atoms with Crippen LogP contribution in [0.5, 0.6) is 0 Å². The van der Waals surface area contributed by atoms with E-state index in [-0.39, 0.29) is 18.3 Å². The molecule has 0 aromatic heterocycles. The molecule has 1 N–H and O–H groups in total. The molecule has 1 heterocycles. The van der Waals surface area contributed by atoms with Crippen molar-refractivity contribution in [1.82, 2.24) is 0 Å². The van der Waals surface area contributed by atoms with Crippen LogP contribution in [0.1, 0.15) is 23.5 Å². The predicted octanol–water partition coefficient (Wildman–Crippen LogP) is 1.34. The van der Waals surface area contributed by atoms with Gasteiger partial charge in [0.05, 0.1) is 12.3 Å². The van der Waals surface area contributed by atoms with Gasteiger partial charge in [-0.3, -0.25) is 4.79 Å². The van der Waals surface area contributed by atoms with Gasteiger partial charge in [0, 0.05) is 0 Å². The van der Waals surface area contributed by atoms with Crippen molar-refractivity contribution < 1.29 is 14.6 Å². The predicted molar refractivity (Wildman–Crippen MR) is 50.6 cm³/mol. The number of cyclic esters (lactones) is 1. The molecule has 1 aromatic carbocycles. The summed E-state index contributed by atoms with van der Waals surface area (Å²) in [5.74, 6) is -0.533. The minimum Gasteiger partial charge on any atom is -0.435 e. The molecule has 2 rings (SSSR count). The summed E-state index contributed by atoms with van der Waals surface area (Å²) in [7, 11) is 0. The molecule has 3 nitrogen and oxygen atoms in total. The van der Waals surface area contributed by atoms with Crippen molar-refractivity contribution in [2.24, 2.45) is 0 Å². The van der Waals surface area contributed by atoms with Gasteiger partial charge in [-0.15, -0.1) is 0 Å². The zero-order valence-electron chi connectivity index (χ0n) is 7.93. The molecule has 0 saturated carbocycles. The van der Waals surface area contributed by atoms with Gasteiger partial charge in [-0.2, -0.15) is 0 Å². The number of aliphatic hydroxyl groups excluding tert-OH is 1. The van der Waals surface area contributed by atoms with Gasteiger partial charge in [-0.05, 0) is 18.1 Å². The van der Waals surface area contributed by atoms with Gasteiger partial charge < -0.3 is 9.84 Å². The maximum Gasteiger partial charge on any atom is 0.308 e. The average molecular weight is 192 g/mol. The van der Waals surface area contributed by atoms with Gasteiger partial charge in [-0.25, -0.2) is 0 Å². The van der Waals surface area contributed by atoms with Crippen LogP contribution in [0.2, 0.25) is 0 Å². The molecule has 2 atom stereocenters. The van der Waals surface area contributed by atoms with E-state index < -0.39 is 6.29 Å². The number of hydrogen-bond donors (Lipinski definition) is 1. The molecular formula is C11H12O3. The summed E-state index contributed by atoms with van der Waals surface area (Å²) >= 11 is 0. The molecule has 74 valence electrons. The lowest BCUT2D eigenvalue weighted by molar-refractivity contribution is -0.154. The first-order chi connectivity index (χ1) is 6.68. The highest BCUT2D eigenvalue weighted by atomic mass is 16.6. The van der Waals surface area contributed by atoms with E-state index in [1.54, 1.807) is 0 Å². The minimum atomic E-state index is -0.983. The summed E-state index contributed by atoms with van der Waals surface area (Å²) in [6, 6.07) is 7.72. The number of ether oxygens (including phenoxy) is 1. The monoisotopic (exact) mass is 192 g/mol. The largest absolute Gasteiger partial charge is 0.435 e. The summed E-state index contributed by atoms with van der Waals surface area (Å²) in [4.78, 5) is 11.0. The highest BCUT2D eigenvalue weighted by Crippen LogP contribution is 2.32. The van der Waals surface area contributed by atoms with Crippen molar-refractivity contribution in [1.29, 1.82) is 0 Å². The Hall–Kier alpha value is -1.35. The van der Waals surface area contributed by atoms with Crippen molar-refractivity contribution in [3.8, 4) is 0 Å². The van der Waals surface area contributed by atoms with Crippen LogP contribution >= 0.6 is 0 Å². The van der Waals surface area contributed by atoms with Gasteiger partial charge in [0.2, 0.25) is 6.29 Å². The lowest BCUT2D eigenvalue weighted by Gasteiger charge is -2.14. The first-order valence-corrected chi connectivity index (χ1v) is 4.61. The van der Waals surface area contributed by atoms with Crippen molar-refractivity contribution >= 4 is 5.97 Å². The SMILES string of the molecule is Cc1ccccc1C1CC(=O)OC1O. The molecule has 1 aliphatic rings. The van der Waals surface area contributed by atoms with Crippen LogP contribution in [-0.2, 0) is 9.53 Å². The van der Waals surface area contributed by atoms with Crippen molar-refractivity contribution in [3.63, 3.8) is 0 Å². The molecule has 2 unspecified atom stereocenters. The van der Waals surface area contributed by atoms with Gasteiger partial charge in [-0.1, -0.05) is 24.3 Å². The third-order valence-corrected chi connectivity index (χ3v) is 2.57.